The van der Waals surface area contributed by atoms with Crippen molar-refractivity contribution in [3.63, 3.8) is 0 Å². The minimum absolute atomic E-state index is 0.263. The molecular formula is C19H28FN3O2. The summed E-state index contributed by atoms with van der Waals surface area (Å²) in [7, 11) is 0. The minimum atomic E-state index is -0.321. The molecule has 1 heterocycles. The minimum Gasteiger partial charge on any atom is -0.393 e. The number of hydrogen-bond acceptors (Lipinski definition) is 3. The lowest BCUT2D eigenvalue weighted by Gasteiger charge is -2.34. The van der Waals surface area contributed by atoms with E-state index in [-0.39, 0.29) is 24.0 Å². The van der Waals surface area contributed by atoms with Crippen LogP contribution in [0.1, 0.15) is 44.7 Å². The summed E-state index contributed by atoms with van der Waals surface area (Å²) in [6.07, 6.45) is 5.84. The number of nitrogens with one attached hydrogen (secondary N) is 2. The van der Waals surface area contributed by atoms with Gasteiger partial charge in [0.15, 0.2) is 0 Å². The Kier molecular flexibility index (Phi) is 7.25. The van der Waals surface area contributed by atoms with E-state index in [0.717, 1.165) is 30.8 Å². The Morgan fingerprint density at radius 2 is 2.16 bits per heavy atom. The summed E-state index contributed by atoms with van der Waals surface area (Å²) in [5.74, 6) is -0.321. The molecule has 1 aromatic rings. The quantitative estimate of drug-likeness (QED) is 0.546. The monoisotopic (exact) mass is 349 g/mol. The Bertz CT molecular complexity index is 598. The fourth-order valence-electron chi connectivity index (χ4n) is 3.03. The smallest absolute Gasteiger partial charge is 0.315 e. The number of nitrogens with zero attached hydrogens (tertiary/aromatic N) is 1. The largest absolute Gasteiger partial charge is 0.393 e. The van der Waals surface area contributed by atoms with Crippen LogP contribution in [0.3, 0.4) is 0 Å². The van der Waals surface area contributed by atoms with E-state index in [1.54, 1.807) is 6.07 Å². The predicted molar refractivity (Wildman–Crippen MR) is 98.2 cm³/mol. The summed E-state index contributed by atoms with van der Waals surface area (Å²) < 4.78 is 13.8. The lowest BCUT2D eigenvalue weighted by molar-refractivity contribution is 0.145. The third-order valence-corrected chi connectivity index (χ3v) is 4.44. The molecule has 6 heteroatoms. The van der Waals surface area contributed by atoms with Crippen LogP contribution in [-0.2, 0) is 0 Å². The first-order chi connectivity index (χ1) is 12.0. The van der Waals surface area contributed by atoms with E-state index in [2.05, 4.69) is 15.5 Å². The van der Waals surface area contributed by atoms with Crippen LogP contribution in [0.15, 0.2) is 30.4 Å². The maximum atomic E-state index is 13.8. The zero-order chi connectivity index (χ0) is 18.2. The second-order valence-corrected chi connectivity index (χ2v) is 6.40. The van der Waals surface area contributed by atoms with Crippen molar-refractivity contribution in [2.75, 3.05) is 24.5 Å². The van der Waals surface area contributed by atoms with E-state index in [0.29, 0.717) is 19.4 Å². The number of piperidine rings is 1. The maximum Gasteiger partial charge on any atom is 0.315 e. The van der Waals surface area contributed by atoms with Crippen molar-refractivity contribution >= 4 is 11.7 Å². The first-order valence-corrected chi connectivity index (χ1v) is 8.89. The summed E-state index contributed by atoms with van der Waals surface area (Å²) in [6, 6.07) is 4.09. The SMILES string of the molecule is CC=CCCNC(=O)NC(C)c1cc(F)ccc1N1CCC(O)CC1. The molecule has 1 saturated heterocycles. The molecule has 1 aliphatic heterocycles. The Labute approximate surface area is 148 Å². The van der Waals surface area contributed by atoms with Gasteiger partial charge in [0.25, 0.3) is 0 Å². The number of carbonyl (C=O) groups is 1. The number of aliphatic hydroxyl groups excluding tert-OH is 1. The number of benzene rings is 1. The van der Waals surface area contributed by atoms with Crippen LogP contribution >= 0.6 is 0 Å². The molecule has 0 spiro atoms. The van der Waals surface area contributed by atoms with Crippen LogP contribution in [-0.4, -0.2) is 36.9 Å². The molecule has 1 unspecified atom stereocenters. The van der Waals surface area contributed by atoms with E-state index < -0.39 is 0 Å². The zero-order valence-corrected chi connectivity index (χ0v) is 15.0. The van der Waals surface area contributed by atoms with Crippen LogP contribution in [0.2, 0.25) is 0 Å². The molecule has 138 valence electrons. The molecule has 1 aromatic carbocycles. The van der Waals surface area contributed by atoms with Gasteiger partial charge in [-0.05, 0) is 51.3 Å². The van der Waals surface area contributed by atoms with E-state index in [1.165, 1.54) is 12.1 Å². The van der Waals surface area contributed by atoms with Gasteiger partial charge in [-0.3, -0.25) is 0 Å². The number of amides is 2. The molecule has 0 bridgehead atoms. The Morgan fingerprint density at radius 1 is 1.44 bits per heavy atom. The molecular weight excluding hydrogens is 321 g/mol. The number of allylic oxidation sites excluding steroid dienone is 1. The van der Waals surface area contributed by atoms with E-state index >= 15 is 0 Å². The van der Waals surface area contributed by atoms with Gasteiger partial charge < -0.3 is 20.6 Å². The molecule has 25 heavy (non-hydrogen) atoms. The molecule has 1 fully saturated rings. The Hall–Kier alpha value is -2.08. The van der Waals surface area contributed by atoms with Gasteiger partial charge in [-0.25, -0.2) is 9.18 Å². The van der Waals surface area contributed by atoms with Crippen LogP contribution in [0.4, 0.5) is 14.9 Å². The molecule has 0 radical (unpaired) electrons. The van der Waals surface area contributed by atoms with Gasteiger partial charge in [0.1, 0.15) is 5.82 Å². The molecule has 2 amide bonds. The van der Waals surface area contributed by atoms with Crippen LogP contribution in [0.25, 0.3) is 0 Å². The zero-order valence-electron chi connectivity index (χ0n) is 15.0. The molecule has 1 aliphatic rings. The van der Waals surface area contributed by atoms with Crippen molar-refractivity contribution < 1.29 is 14.3 Å². The number of hydrogen-bond donors (Lipinski definition) is 3. The van der Waals surface area contributed by atoms with E-state index in [1.807, 2.05) is 26.0 Å². The van der Waals surface area contributed by atoms with Crippen LogP contribution < -0.4 is 15.5 Å². The summed E-state index contributed by atoms with van der Waals surface area (Å²) in [6.45, 7) is 5.79. The molecule has 3 N–H and O–H groups in total. The molecule has 0 aromatic heterocycles. The van der Waals surface area contributed by atoms with Gasteiger partial charge in [0, 0.05) is 30.9 Å². The van der Waals surface area contributed by atoms with Crippen molar-refractivity contribution in [1.29, 1.82) is 0 Å². The Balaban J connectivity index is 2.03. The first kappa shape index (κ1) is 19.2. The topological polar surface area (TPSA) is 64.6 Å². The highest BCUT2D eigenvalue weighted by Gasteiger charge is 2.22. The number of anilines is 1. The van der Waals surface area contributed by atoms with Crippen molar-refractivity contribution in [3.8, 4) is 0 Å². The van der Waals surface area contributed by atoms with Crippen LogP contribution in [0, 0.1) is 5.82 Å². The summed E-state index contributed by atoms with van der Waals surface area (Å²) in [5, 5.41) is 15.3. The molecule has 5 nitrogen and oxygen atoms in total. The fourth-order valence-corrected chi connectivity index (χ4v) is 3.03. The lowest BCUT2D eigenvalue weighted by Crippen LogP contribution is -2.39. The molecule has 0 saturated carbocycles. The average Bonchev–Trinajstić information content (AvgIpc) is 2.59. The van der Waals surface area contributed by atoms with Crippen LogP contribution in [0.5, 0.6) is 0 Å². The molecule has 1 atom stereocenters. The second-order valence-electron chi connectivity index (χ2n) is 6.40. The van der Waals surface area contributed by atoms with Crippen molar-refractivity contribution in [3.05, 3.63) is 41.7 Å². The number of urea groups is 1. The summed E-state index contributed by atoms with van der Waals surface area (Å²) in [4.78, 5) is 14.2. The average molecular weight is 349 g/mol. The van der Waals surface area contributed by atoms with E-state index in [4.69, 9.17) is 0 Å². The summed E-state index contributed by atoms with van der Waals surface area (Å²) in [5.41, 5.74) is 1.66. The first-order valence-electron chi connectivity index (χ1n) is 8.89. The number of aliphatic hydroxyl groups is 1. The second kappa shape index (κ2) is 9.42. The Morgan fingerprint density at radius 3 is 2.84 bits per heavy atom. The van der Waals surface area contributed by atoms with Gasteiger partial charge >= 0.3 is 6.03 Å². The number of rotatable bonds is 6. The highest BCUT2D eigenvalue weighted by Crippen LogP contribution is 2.29. The number of halogens is 1. The van der Waals surface area contributed by atoms with Gasteiger partial charge in [0.2, 0.25) is 0 Å². The number of carbonyl (C=O) groups excluding carboxylic acids is 1. The lowest BCUT2D eigenvalue weighted by atomic mass is 10.0. The standard InChI is InChI=1S/C19H28FN3O2/c1-3-4-5-10-21-19(25)22-14(2)17-13-15(20)6-7-18(17)23-11-8-16(24)9-12-23/h3-4,6-7,13-14,16,24H,5,8-12H2,1-2H3,(H2,21,22,25). The third-order valence-electron chi connectivity index (χ3n) is 4.44. The van der Waals surface area contributed by atoms with Crippen molar-refractivity contribution in [2.24, 2.45) is 0 Å². The van der Waals surface area contributed by atoms with Gasteiger partial charge in [0.05, 0.1) is 12.1 Å². The normalized spacial score (nSPS) is 16.9. The third kappa shape index (κ3) is 5.74. The van der Waals surface area contributed by atoms with E-state index in [9.17, 15) is 14.3 Å². The maximum absolute atomic E-state index is 13.8. The fraction of sp³-hybridized carbons (Fsp3) is 0.526. The van der Waals surface area contributed by atoms with Gasteiger partial charge in [-0.2, -0.15) is 0 Å². The van der Waals surface area contributed by atoms with Crippen molar-refractivity contribution in [2.45, 2.75) is 45.3 Å². The van der Waals surface area contributed by atoms with Gasteiger partial charge in [-0.1, -0.05) is 12.2 Å². The molecule has 2 rings (SSSR count). The van der Waals surface area contributed by atoms with Crippen molar-refractivity contribution in [1.82, 2.24) is 10.6 Å². The highest BCUT2D eigenvalue weighted by molar-refractivity contribution is 5.74. The summed E-state index contributed by atoms with van der Waals surface area (Å²) >= 11 is 0. The predicted octanol–water partition coefficient (Wildman–Crippen LogP) is 3.11. The van der Waals surface area contributed by atoms with Gasteiger partial charge in [-0.15, -0.1) is 0 Å². The molecule has 0 aliphatic carbocycles. The highest BCUT2D eigenvalue weighted by atomic mass is 19.1.